The highest BCUT2D eigenvalue weighted by Crippen LogP contribution is 2.34. The molecule has 0 aliphatic carbocycles. The first-order valence-corrected chi connectivity index (χ1v) is 8.68. The number of aromatic amines is 1. The maximum atomic E-state index is 12.7. The number of benzene rings is 1. The minimum atomic E-state index is -4.71. The predicted molar refractivity (Wildman–Crippen MR) is 91.4 cm³/mol. The Bertz CT molecular complexity index is 1000. The SMILES string of the molecule is O=c1cc(C(F)(F)F)nc(SCc2ncc(-c3cccc(Cl)c3Cl)o2)[nH]1. The van der Waals surface area contributed by atoms with Gasteiger partial charge in [-0.1, -0.05) is 41.0 Å². The maximum Gasteiger partial charge on any atom is 0.433 e. The molecule has 2 heterocycles. The molecule has 0 atom stereocenters. The standard InChI is InChI=1S/C15H8Cl2F3N3O2S/c16-8-3-1-2-7(13(8)17)9-5-21-12(25-9)6-26-14-22-10(15(18,19)20)4-11(24)23-14/h1-5H,6H2,(H,22,23,24). The molecule has 3 aromatic rings. The molecule has 0 amide bonds. The Morgan fingerprint density at radius 2 is 2.04 bits per heavy atom. The van der Waals surface area contributed by atoms with Crippen molar-refractivity contribution >= 4 is 35.0 Å². The van der Waals surface area contributed by atoms with Gasteiger partial charge in [-0.2, -0.15) is 13.2 Å². The van der Waals surface area contributed by atoms with Crippen LogP contribution in [0.4, 0.5) is 13.2 Å². The van der Waals surface area contributed by atoms with Crippen molar-refractivity contribution in [2.24, 2.45) is 0 Å². The largest absolute Gasteiger partial charge is 0.440 e. The molecule has 26 heavy (non-hydrogen) atoms. The van der Waals surface area contributed by atoms with Gasteiger partial charge < -0.3 is 9.40 Å². The number of alkyl halides is 3. The number of nitrogens with one attached hydrogen (secondary N) is 1. The number of hydrogen-bond acceptors (Lipinski definition) is 5. The molecule has 136 valence electrons. The van der Waals surface area contributed by atoms with E-state index in [1.54, 1.807) is 18.2 Å². The van der Waals surface area contributed by atoms with Crippen LogP contribution in [0, 0.1) is 0 Å². The Balaban J connectivity index is 1.78. The molecule has 0 fully saturated rings. The van der Waals surface area contributed by atoms with Gasteiger partial charge in [0.05, 0.1) is 22.0 Å². The van der Waals surface area contributed by atoms with Gasteiger partial charge in [0.25, 0.3) is 5.56 Å². The van der Waals surface area contributed by atoms with Crippen molar-refractivity contribution in [2.45, 2.75) is 17.1 Å². The quantitative estimate of drug-likeness (QED) is 0.471. The smallest absolute Gasteiger partial charge is 0.433 e. The number of rotatable bonds is 4. The van der Waals surface area contributed by atoms with Gasteiger partial charge >= 0.3 is 6.18 Å². The molecule has 0 bridgehead atoms. The average Bonchev–Trinajstić information content (AvgIpc) is 3.03. The van der Waals surface area contributed by atoms with Gasteiger partial charge in [-0.15, -0.1) is 0 Å². The van der Waals surface area contributed by atoms with Crippen LogP contribution in [0.1, 0.15) is 11.6 Å². The normalized spacial score (nSPS) is 11.7. The van der Waals surface area contributed by atoms with Gasteiger partial charge in [0.1, 0.15) is 0 Å². The van der Waals surface area contributed by atoms with Crippen LogP contribution >= 0.6 is 35.0 Å². The summed E-state index contributed by atoms with van der Waals surface area (Å²) in [5, 5.41) is 0.459. The van der Waals surface area contributed by atoms with Crippen LogP contribution in [-0.4, -0.2) is 15.0 Å². The first-order chi connectivity index (χ1) is 12.2. The summed E-state index contributed by atoms with van der Waals surface area (Å²) in [6.45, 7) is 0. The second-order valence-corrected chi connectivity index (χ2v) is 6.69. The Morgan fingerprint density at radius 3 is 2.77 bits per heavy atom. The number of nitrogens with zero attached hydrogens (tertiary/aromatic N) is 2. The molecule has 0 radical (unpaired) electrons. The molecule has 1 N–H and O–H groups in total. The van der Waals surface area contributed by atoms with Crippen LogP contribution < -0.4 is 5.56 Å². The molecule has 5 nitrogen and oxygen atoms in total. The van der Waals surface area contributed by atoms with E-state index in [1.165, 1.54) is 6.20 Å². The maximum absolute atomic E-state index is 12.7. The molecule has 0 aliphatic rings. The number of H-pyrrole nitrogens is 1. The average molecular weight is 422 g/mol. The third-order valence-electron chi connectivity index (χ3n) is 3.11. The van der Waals surface area contributed by atoms with Gasteiger partial charge in [0.2, 0.25) is 5.89 Å². The zero-order chi connectivity index (χ0) is 18.9. The van der Waals surface area contributed by atoms with E-state index in [1.807, 2.05) is 0 Å². The fraction of sp³-hybridized carbons (Fsp3) is 0.133. The summed E-state index contributed by atoms with van der Waals surface area (Å²) in [7, 11) is 0. The molecule has 3 rings (SSSR count). The lowest BCUT2D eigenvalue weighted by molar-refractivity contribution is -0.141. The second kappa shape index (κ2) is 7.34. The van der Waals surface area contributed by atoms with E-state index in [9.17, 15) is 18.0 Å². The minimum absolute atomic E-state index is 0.0580. The minimum Gasteiger partial charge on any atom is -0.440 e. The number of halogens is 5. The third kappa shape index (κ3) is 4.22. The zero-order valence-corrected chi connectivity index (χ0v) is 14.9. The summed E-state index contributed by atoms with van der Waals surface area (Å²) >= 11 is 12.9. The number of aromatic nitrogens is 3. The van der Waals surface area contributed by atoms with Crippen molar-refractivity contribution in [2.75, 3.05) is 0 Å². The summed E-state index contributed by atoms with van der Waals surface area (Å²) in [5.74, 6) is 0.641. The van der Waals surface area contributed by atoms with Gasteiger partial charge in [-0.05, 0) is 12.1 Å². The van der Waals surface area contributed by atoms with E-state index in [-0.39, 0.29) is 16.8 Å². The highest BCUT2D eigenvalue weighted by Gasteiger charge is 2.33. The number of hydrogen-bond donors (Lipinski definition) is 1. The summed E-state index contributed by atoms with van der Waals surface area (Å²) in [4.78, 5) is 21.0. The molecular formula is C15H8Cl2F3N3O2S. The Kier molecular flexibility index (Phi) is 5.31. The van der Waals surface area contributed by atoms with Crippen LogP contribution in [0.2, 0.25) is 10.0 Å². The van der Waals surface area contributed by atoms with Crippen LogP contribution in [0.5, 0.6) is 0 Å². The Morgan fingerprint density at radius 1 is 1.27 bits per heavy atom. The molecule has 1 aromatic carbocycles. The first kappa shape index (κ1) is 18.8. The summed E-state index contributed by atoms with van der Waals surface area (Å²) in [6, 6.07) is 5.40. The van der Waals surface area contributed by atoms with Crippen molar-refractivity contribution in [1.29, 1.82) is 0 Å². The molecule has 0 saturated heterocycles. The molecule has 0 aliphatic heterocycles. The lowest BCUT2D eigenvalue weighted by Gasteiger charge is -2.06. The molecule has 0 spiro atoms. The van der Waals surface area contributed by atoms with Crippen LogP contribution in [0.15, 0.2) is 44.8 Å². The van der Waals surface area contributed by atoms with Crippen molar-refractivity contribution in [3.8, 4) is 11.3 Å². The predicted octanol–water partition coefficient (Wildman–Crippen LogP) is 5.04. The third-order valence-corrected chi connectivity index (χ3v) is 4.79. The van der Waals surface area contributed by atoms with Crippen LogP contribution in [0.3, 0.4) is 0 Å². The van der Waals surface area contributed by atoms with E-state index < -0.39 is 17.4 Å². The topological polar surface area (TPSA) is 71.8 Å². The van der Waals surface area contributed by atoms with E-state index in [2.05, 4.69) is 15.0 Å². The van der Waals surface area contributed by atoms with Crippen molar-refractivity contribution in [3.05, 3.63) is 62.4 Å². The molecular weight excluding hydrogens is 414 g/mol. The van der Waals surface area contributed by atoms with E-state index in [0.29, 0.717) is 27.4 Å². The van der Waals surface area contributed by atoms with Gasteiger partial charge in [0, 0.05) is 11.6 Å². The summed E-state index contributed by atoms with van der Waals surface area (Å²) in [5.41, 5.74) is -1.62. The molecule has 0 saturated carbocycles. The van der Waals surface area contributed by atoms with Crippen LogP contribution in [0.25, 0.3) is 11.3 Å². The van der Waals surface area contributed by atoms with E-state index >= 15 is 0 Å². The first-order valence-electron chi connectivity index (χ1n) is 6.94. The molecule has 0 unspecified atom stereocenters. The Labute approximate surface area is 158 Å². The lowest BCUT2D eigenvalue weighted by Crippen LogP contribution is -2.16. The molecule has 11 heteroatoms. The Hall–Kier alpha value is -1.97. The second-order valence-electron chi connectivity index (χ2n) is 4.94. The van der Waals surface area contributed by atoms with E-state index in [4.69, 9.17) is 27.6 Å². The van der Waals surface area contributed by atoms with Crippen LogP contribution in [-0.2, 0) is 11.9 Å². The fourth-order valence-corrected chi connectivity index (χ4v) is 3.10. The van der Waals surface area contributed by atoms with Gasteiger partial charge in [-0.25, -0.2) is 9.97 Å². The summed E-state index contributed by atoms with van der Waals surface area (Å²) in [6.07, 6.45) is -3.28. The summed E-state index contributed by atoms with van der Waals surface area (Å²) < 4.78 is 43.6. The zero-order valence-electron chi connectivity index (χ0n) is 12.6. The fourth-order valence-electron chi connectivity index (χ4n) is 1.97. The van der Waals surface area contributed by atoms with E-state index in [0.717, 1.165) is 11.8 Å². The highest BCUT2D eigenvalue weighted by molar-refractivity contribution is 7.98. The van der Waals surface area contributed by atoms with Crippen molar-refractivity contribution in [1.82, 2.24) is 15.0 Å². The van der Waals surface area contributed by atoms with Crippen molar-refractivity contribution in [3.63, 3.8) is 0 Å². The van der Waals surface area contributed by atoms with Gasteiger partial charge in [-0.3, -0.25) is 4.79 Å². The van der Waals surface area contributed by atoms with Gasteiger partial charge in [0.15, 0.2) is 16.6 Å². The highest BCUT2D eigenvalue weighted by atomic mass is 35.5. The monoisotopic (exact) mass is 421 g/mol. The number of oxazole rings is 1. The molecule has 2 aromatic heterocycles. The van der Waals surface area contributed by atoms with Crippen molar-refractivity contribution < 1.29 is 17.6 Å². The lowest BCUT2D eigenvalue weighted by atomic mass is 10.2. The number of thioether (sulfide) groups is 1.